The fourth-order valence-electron chi connectivity index (χ4n) is 4.13. The van der Waals surface area contributed by atoms with Crippen LogP contribution in [0.25, 0.3) is 0 Å². The van der Waals surface area contributed by atoms with E-state index in [4.69, 9.17) is 4.74 Å². The van der Waals surface area contributed by atoms with Crippen molar-refractivity contribution in [2.75, 3.05) is 32.8 Å². The first-order chi connectivity index (χ1) is 13.9. The lowest BCUT2D eigenvalue weighted by Gasteiger charge is -2.38. The minimum atomic E-state index is -0.337. The molecular weight excluding hydrogens is 373 g/mol. The SMILES string of the molecule is CC1CCCCC1NC(=O)C(C)N1CCN(C(=O)COc2ccc(F)cc2)CC1. The fourth-order valence-corrected chi connectivity index (χ4v) is 4.13. The molecule has 1 heterocycles. The molecule has 6 nitrogen and oxygen atoms in total. The number of hydrogen-bond acceptors (Lipinski definition) is 4. The van der Waals surface area contributed by atoms with E-state index in [-0.39, 0.29) is 36.3 Å². The van der Waals surface area contributed by atoms with Crippen molar-refractivity contribution in [3.8, 4) is 5.75 Å². The summed E-state index contributed by atoms with van der Waals surface area (Å²) in [5.74, 6) is 0.664. The zero-order chi connectivity index (χ0) is 20.8. The van der Waals surface area contributed by atoms with Gasteiger partial charge in [-0.15, -0.1) is 0 Å². The molecule has 1 aliphatic heterocycles. The van der Waals surface area contributed by atoms with Gasteiger partial charge in [-0.2, -0.15) is 0 Å². The molecule has 29 heavy (non-hydrogen) atoms. The number of benzene rings is 1. The minimum absolute atomic E-state index is 0.0682. The standard InChI is InChI=1S/C22H32FN3O3/c1-16-5-3-4-6-20(16)24-22(28)17(2)25-11-13-26(14-12-25)21(27)15-29-19-9-7-18(23)8-10-19/h7-10,16-17,20H,3-6,11-15H2,1-2H3,(H,24,28). The van der Waals surface area contributed by atoms with Gasteiger partial charge in [0.2, 0.25) is 5.91 Å². The molecule has 2 fully saturated rings. The van der Waals surface area contributed by atoms with Crippen molar-refractivity contribution in [3.63, 3.8) is 0 Å². The number of halogens is 1. The number of nitrogens with one attached hydrogen (secondary N) is 1. The van der Waals surface area contributed by atoms with E-state index < -0.39 is 0 Å². The van der Waals surface area contributed by atoms with Crippen LogP contribution >= 0.6 is 0 Å². The number of rotatable bonds is 6. The van der Waals surface area contributed by atoms with Gasteiger partial charge in [0.05, 0.1) is 6.04 Å². The molecule has 3 atom stereocenters. The second kappa shape index (κ2) is 10.1. The van der Waals surface area contributed by atoms with E-state index in [1.54, 1.807) is 4.90 Å². The lowest BCUT2D eigenvalue weighted by atomic mass is 9.86. The second-order valence-electron chi connectivity index (χ2n) is 8.21. The van der Waals surface area contributed by atoms with Crippen LogP contribution in [-0.4, -0.2) is 66.5 Å². The van der Waals surface area contributed by atoms with Crippen molar-refractivity contribution in [1.82, 2.24) is 15.1 Å². The molecule has 2 aliphatic rings. The van der Waals surface area contributed by atoms with Gasteiger partial charge in [-0.3, -0.25) is 14.5 Å². The minimum Gasteiger partial charge on any atom is -0.484 e. The predicted octanol–water partition coefficient (Wildman–Crippen LogP) is 2.43. The molecule has 1 N–H and O–H groups in total. The maximum atomic E-state index is 12.9. The highest BCUT2D eigenvalue weighted by Gasteiger charge is 2.30. The van der Waals surface area contributed by atoms with E-state index in [9.17, 15) is 14.0 Å². The monoisotopic (exact) mass is 405 g/mol. The molecule has 1 saturated heterocycles. The van der Waals surface area contributed by atoms with Crippen molar-refractivity contribution in [2.45, 2.75) is 51.6 Å². The van der Waals surface area contributed by atoms with E-state index in [1.807, 2.05) is 6.92 Å². The number of nitrogens with zero attached hydrogens (tertiary/aromatic N) is 2. The predicted molar refractivity (Wildman–Crippen MR) is 109 cm³/mol. The van der Waals surface area contributed by atoms with Gasteiger partial charge < -0.3 is 15.0 Å². The zero-order valence-corrected chi connectivity index (χ0v) is 17.4. The van der Waals surface area contributed by atoms with Crippen molar-refractivity contribution < 1.29 is 18.7 Å². The van der Waals surface area contributed by atoms with E-state index >= 15 is 0 Å². The number of amides is 2. The van der Waals surface area contributed by atoms with E-state index in [2.05, 4.69) is 17.1 Å². The van der Waals surface area contributed by atoms with Crippen LogP contribution in [0.3, 0.4) is 0 Å². The molecule has 1 aliphatic carbocycles. The summed E-state index contributed by atoms with van der Waals surface area (Å²) in [4.78, 5) is 28.9. The van der Waals surface area contributed by atoms with Gasteiger partial charge in [0.1, 0.15) is 11.6 Å². The number of hydrogen-bond donors (Lipinski definition) is 1. The Morgan fingerprint density at radius 3 is 2.45 bits per heavy atom. The van der Waals surface area contributed by atoms with Gasteiger partial charge >= 0.3 is 0 Å². The third-order valence-electron chi connectivity index (χ3n) is 6.21. The van der Waals surface area contributed by atoms with Crippen LogP contribution in [-0.2, 0) is 9.59 Å². The van der Waals surface area contributed by atoms with Crippen LogP contribution in [0.2, 0.25) is 0 Å². The van der Waals surface area contributed by atoms with Crippen LogP contribution in [0.4, 0.5) is 4.39 Å². The van der Waals surface area contributed by atoms with E-state index in [0.717, 1.165) is 6.42 Å². The number of piperazine rings is 1. The molecule has 3 rings (SSSR count). The first kappa shape index (κ1) is 21.6. The Balaban J connectivity index is 1.41. The summed E-state index contributed by atoms with van der Waals surface area (Å²) < 4.78 is 18.4. The summed E-state index contributed by atoms with van der Waals surface area (Å²) in [6.07, 6.45) is 4.68. The molecule has 160 valence electrons. The van der Waals surface area contributed by atoms with Crippen LogP contribution in [0.5, 0.6) is 5.75 Å². The first-order valence-corrected chi connectivity index (χ1v) is 10.6. The summed E-state index contributed by atoms with van der Waals surface area (Å²) in [5, 5.41) is 3.23. The van der Waals surface area contributed by atoms with Crippen LogP contribution in [0, 0.1) is 11.7 Å². The van der Waals surface area contributed by atoms with Gasteiger partial charge in [0.25, 0.3) is 5.91 Å². The van der Waals surface area contributed by atoms with E-state index in [1.165, 1.54) is 43.5 Å². The third-order valence-corrected chi connectivity index (χ3v) is 6.21. The largest absolute Gasteiger partial charge is 0.484 e. The Labute approximate surface area is 172 Å². The Morgan fingerprint density at radius 1 is 1.14 bits per heavy atom. The van der Waals surface area contributed by atoms with Gasteiger partial charge in [-0.25, -0.2) is 4.39 Å². The maximum absolute atomic E-state index is 12.9. The van der Waals surface area contributed by atoms with Crippen LogP contribution in [0.15, 0.2) is 24.3 Å². The number of carbonyl (C=O) groups is 2. The Kier molecular flexibility index (Phi) is 7.47. The molecule has 0 spiro atoms. The molecule has 0 radical (unpaired) electrons. The summed E-state index contributed by atoms with van der Waals surface area (Å²) in [5.41, 5.74) is 0. The lowest BCUT2D eigenvalue weighted by molar-refractivity contribution is -0.136. The quantitative estimate of drug-likeness (QED) is 0.790. The molecule has 1 aromatic carbocycles. The highest BCUT2D eigenvalue weighted by Crippen LogP contribution is 2.24. The Bertz CT molecular complexity index is 689. The van der Waals surface area contributed by atoms with Gasteiger partial charge in [-0.05, 0) is 49.9 Å². The fraction of sp³-hybridized carbons (Fsp3) is 0.636. The summed E-state index contributed by atoms with van der Waals surface area (Å²) >= 11 is 0. The van der Waals surface area contributed by atoms with Gasteiger partial charge in [-0.1, -0.05) is 19.8 Å². The Morgan fingerprint density at radius 2 is 1.79 bits per heavy atom. The van der Waals surface area contributed by atoms with Crippen LogP contribution in [0.1, 0.15) is 39.5 Å². The summed E-state index contributed by atoms with van der Waals surface area (Å²) in [6.45, 7) is 6.56. The first-order valence-electron chi connectivity index (χ1n) is 10.6. The van der Waals surface area contributed by atoms with Crippen molar-refractivity contribution in [3.05, 3.63) is 30.1 Å². The molecule has 0 aromatic heterocycles. The normalized spacial score (nSPS) is 24.0. The molecule has 0 bridgehead atoms. The average molecular weight is 406 g/mol. The highest BCUT2D eigenvalue weighted by atomic mass is 19.1. The van der Waals surface area contributed by atoms with Crippen molar-refractivity contribution >= 4 is 11.8 Å². The number of ether oxygens (including phenoxy) is 1. The third kappa shape index (κ3) is 5.92. The van der Waals surface area contributed by atoms with Crippen molar-refractivity contribution in [1.29, 1.82) is 0 Å². The highest BCUT2D eigenvalue weighted by molar-refractivity contribution is 5.82. The van der Waals surface area contributed by atoms with Gasteiger partial charge in [0, 0.05) is 32.2 Å². The maximum Gasteiger partial charge on any atom is 0.260 e. The van der Waals surface area contributed by atoms with Crippen LogP contribution < -0.4 is 10.1 Å². The van der Waals surface area contributed by atoms with Crippen molar-refractivity contribution in [2.24, 2.45) is 5.92 Å². The Hall–Kier alpha value is -2.15. The topological polar surface area (TPSA) is 61.9 Å². The molecule has 1 saturated carbocycles. The molecule has 1 aromatic rings. The zero-order valence-electron chi connectivity index (χ0n) is 17.4. The molecule has 3 unspecified atom stereocenters. The summed E-state index contributed by atoms with van der Waals surface area (Å²) in [6, 6.07) is 5.71. The number of carbonyl (C=O) groups excluding carboxylic acids is 2. The van der Waals surface area contributed by atoms with Gasteiger partial charge in [0.15, 0.2) is 6.61 Å². The lowest BCUT2D eigenvalue weighted by Crippen LogP contribution is -2.57. The molecular formula is C22H32FN3O3. The average Bonchev–Trinajstić information content (AvgIpc) is 2.74. The molecule has 2 amide bonds. The molecule has 7 heteroatoms. The second-order valence-corrected chi connectivity index (χ2v) is 8.21. The smallest absolute Gasteiger partial charge is 0.260 e. The van der Waals surface area contributed by atoms with E-state index in [0.29, 0.717) is 37.8 Å². The summed E-state index contributed by atoms with van der Waals surface area (Å²) in [7, 11) is 0.